The number of methoxy groups -OCH3 is 1. The number of ether oxygens (including phenoxy) is 1. The zero-order chi connectivity index (χ0) is 16.4. The predicted molar refractivity (Wildman–Crippen MR) is 91.6 cm³/mol. The number of fused-ring (bicyclic) bond motifs is 1. The maximum atomic E-state index is 13.2. The van der Waals surface area contributed by atoms with Crippen molar-refractivity contribution in [2.24, 2.45) is 0 Å². The summed E-state index contributed by atoms with van der Waals surface area (Å²) in [6.45, 7) is 5.42. The number of rotatable bonds is 3. The van der Waals surface area contributed by atoms with Gasteiger partial charge in [-0.25, -0.2) is 0 Å². The van der Waals surface area contributed by atoms with Crippen LogP contribution in [0.3, 0.4) is 0 Å². The zero-order valence-electron chi connectivity index (χ0n) is 14.0. The lowest BCUT2D eigenvalue weighted by Gasteiger charge is -2.36. The fourth-order valence-electron chi connectivity index (χ4n) is 3.34. The summed E-state index contributed by atoms with van der Waals surface area (Å²) >= 11 is 0. The largest absolute Gasteiger partial charge is 0.496 e. The Morgan fingerprint density at radius 3 is 2.43 bits per heavy atom. The van der Waals surface area contributed by atoms with E-state index in [2.05, 4.69) is 18.2 Å². The second-order valence-corrected chi connectivity index (χ2v) is 6.57. The van der Waals surface area contributed by atoms with Crippen molar-refractivity contribution in [3.8, 4) is 5.75 Å². The Bertz CT molecular complexity index is 721. The fourth-order valence-corrected chi connectivity index (χ4v) is 3.34. The fraction of sp³-hybridized carbons (Fsp3) is 0.350. The molecule has 1 aliphatic rings. The summed E-state index contributed by atoms with van der Waals surface area (Å²) in [4.78, 5) is 15.1. The number of carbonyl (C=O) groups is 1. The summed E-state index contributed by atoms with van der Waals surface area (Å²) in [5.41, 5.74) is 2.93. The standard InChI is InChI=1S/C20H23NO2/c1-20(2,17-10-6-7-11-18(17)23-3)19(22)21-13-12-15-8-4-5-9-16(15)14-21/h4-11H,12-14H2,1-3H3. The van der Waals surface area contributed by atoms with Crippen molar-refractivity contribution in [1.82, 2.24) is 4.90 Å². The van der Waals surface area contributed by atoms with E-state index in [-0.39, 0.29) is 5.91 Å². The van der Waals surface area contributed by atoms with E-state index >= 15 is 0 Å². The summed E-state index contributed by atoms with van der Waals surface area (Å²) in [6, 6.07) is 16.2. The summed E-state index contributed by atoms with van der Waals surface area (Å²) in [7, 11) is 1.65. The van der Waals surface area contributed by atoms with Gasteiger partial charge in [-0.05, 0) is 37.5 Å². The molecule has 1 aliphatic heterocycles. The Labute approximate surface area is 137 Å². The average molecular weight is 309 g/mol. The minimum Gasteiger partial charge on any atom is -0.496 e. The van der Waals surface area contributed by atoms with Crippen LogP contribution in [0, 0.1) is 0 Å². The second-order valence-electron chi connectivity index (χ2n) is 6.57. The number of hydrogen-bond acceptors (Lipinski definition) is 2. The molecule has 0 fully saturated rings. The molecule has 3 heteroatoms. The highest BCUT2D eigenvalue weighted by Crippen LogP contribution is 2.34. The van der Waals surface area contributed by atoms with Crippen LogP contribution in [-0.2, 0) is 23.2 Å². The summed E-state index contributed by atoms with van der Waals surface area (Å²) in [5, 5.41) is 0. The quantitative estimate of drug-likeness (QED) is 0.867. The smallest absolute Gasteiger partial charge is 0.233 e. The molecule has 0 bridgehead atoms. The van der Waals surface area contributed by atoms with Crippen molar-refractivity contribution in [3.05, 3.63) is 65.2 Å². The van der Waals surface area contributed by atoms with E-state index in [1.165, 1.54) is 11.1 Å². The first-order valence-electron chi connectivity index (χ1n) is 8.03. The Morgan fingerprint density at radius 1 is 1.04 bits per heavy atom. The van der Waals surface area contributed by atoms with Gasteiger partial charge in [-0.3, -0.25) is 4.79 Å². The van der Waals surface area contributed by atoms with Crippen LogP contribution in [0.4, 0.5) is 0 Å². The number of amides is 1. The van der Waals surface area contributed by atoms with Crippen molar-refractivity contribution in [1.29, 1.82) is 0 Å². The number of carbonyl (C=O) groups excluding carboxylic acids is 1. The molecule has 0 spiro atoms. The van der Waals surface area contributed by atoms with Crippen LogP contribution < -0.4 is 4.74 Å². The van der Waals surface area contributed by atoms with Gasteiger partial charge in [0.1, 0.15) is 5.75 Å². The highest BCUT2D eigenvalue weighted by atomic mass is 16.5. The van der Waals surface area contributed by atoms with E-state index in [1.54, 1.807) is 7.11 Å². The molecule has 0 radical (unpaired) electrons. The van der Waals surface area contributed by atoms with E-state index in [0.717, 1.165) is 24.3 Å². The third-order valence-corrected chi connectivity index (χ3v) is 4.73. The molecule has 0 aliphatic carbocycles. The topological polar surface area (TPSA) is 29.5 Å². The third kappa shape index (κ3) is 2.83. The van der Waals surface area contributed by atoms with Gasteiger partial charge in [0, 0.05) is 18.7 Å². The van der Waals surface area contributed by atoms with Crippen LogP contribution >= 0.6 is 0 Å². The van der Waals surface area contributed by atoms with Gasteiger partial charge in [-0.15, -0.1) is 0 Å². The molecule has 2 aromatic carbocycles. The number of benzene rings is 2. The molecule has 0 atom stereocenters. The van der Waals surface area contributed by atoms with Gasteiger partial charge < -0.3 is 9.64 Å². The van der Waals surface area contributed by atoms with E-state index in [1.807, 2.05) is 49.1 Å². The molecular formula is C20H23NO2. The van der Waals surface area contributed by atoms with Crippen LogP contribution in [0.25, 0.3) is 0 Å². The van der Waals surface area contributed by atoms with E-state index < -0.39 is 5.41 Å². The lowest BCUT2D eigenvalue weighted by molar-refractivity contribution is -0.137. The van der Waals surface area contributed by atoms with Crippen LogP contribution in [0.2, 0.25) is 0 Å². The monoisotopic (exact) mass is 309 g/mol. The average Bonchev–Trinajstić information content (AvgIpc) is 2.60. The Hall–Kier alpha value is -2.29. The predicted octanol–water partition coefficient (Wildman–Crippen LogP) is 3.56. The second kappa shape index (κ2) is 6.07. The Balaban J connectivity index is 1.88. The SMILES string of the molecule is COc1ccccc1C(C)(C)C(=O)N1CCc2ccccc2C1. The maximum absolute atomic E-state index is 13.2. The molecule has 0 unspecified atom stereocenters. The molecule has 23 heavy (non-hydrogen) atoms. The molecule has 3 nitrogen and oxygen atoms in total. The maximum Gasteiger partial charge on any atom is 0.233 e. The normalized spacial score (nSPS) is 14.3. The molecule has 0 saturated heterocycles. The number of para-hydroxylation sites is 1. The van der Waals surface area contributed by atoms with Crippen LogP contribution in [0.1, 0.15) is 30.5 Å². The Kier molecular flexibility index (Phi) is 4.12. The highest BCUT2D eigenvalue weighted by Gasteiger charge is 2.36. The molecule has 1 amide bonds. The van der Waals surface area contributed by atoms with Gasteiger partial charge in [0.15, 0.2) is 0 Å². The zero-order valence-corrected chi connectivity index (χ0v) is 14.0. The molecule has 2 aromatic rings. The first-order chi connectivity index (χ1) is 11.0. The minimum absolute atomic E-state index is 0.150. The van der Waals surface area contributed by atoms with Crippen molar-refractivity contribution in [2.75, 3.05) is 13.7 Å². The van der Waals surface area contributed by atoms with Gasteiger partial charge in [0.25, 0.3) is 0 Å². The van der Waals surface area contributed by atoms with Crippen LogP contribution in [0.5, 0.6) is 5.75 Å². The number of hydrogen-bond donors (Lipinski definition) is 0. The summed E-state index contributed by atoms with van der Waals surface area (Å²) in [6.07, 6.45) is 0.921. The van der Waals surface area contributed by atoms with Crippen molar-refractivity contribution < 1.29 is 9.53 Å². The lowest BCUT2D eigenvalue weighted by atomic mass is 9.82. The molecule has 3 rings (SSSR count). The molecular weight excluding hydrogens is 286 g/mol. The summed E-state index contributed by atoms with van der Waals surface area (Å²) < 4.78 is 5.45. The third-order valence-electron chi connectivity index (χ3n) is 4.73. The first kappa shape index (κ1) is 15.6. The Morgan fingerprint density at radius 2 is 1.70 bits per heavy atom. The molecule has 1 heterocycles. The van der Waals surface area contributed by atoms with Crippen LogP contribution in [-0.4, -0.2) is 24.5 Å². The van der Waals surface area contributed by atoms with Crippen LogP contribution in [0.15, 0.2) is 48.5 Å². The van der Waals surface area contributed by atoms with Gasteiger partial charge in [-0.1, -0.05) is 42.5 Å². The van der Waals surface area contributed by atoms with Gasteiger partial charge in [0.2, 0.25) is 5.91 Å². The van der Waals surface area contributed by atoms with Gasteiger partial charge in [0.05, 0.1) is 12.5 Å². The van der Waals surface area contributed by atoms with Crippen molar-refractivity contribution in [3.63, 3.8) is 0 Å². The minimum atomic E-state index is -0.612. The van der Waals surface area contributed by atoms with Gasteiger partial charge >= 0.3 is 0 Å². The summed E-state index contributed by atoms with van der Waals surface area (Å²) in [5.74, 6) is 0.916. The first-order valence-corrected chi connectivity index (χ1v) is 8.03. The van der Waals surface area contributed by atoms with E-state index in [0.29, 0.717) is 6.54 Å². The highest BCUT2D eigenvalue weighted by molar-refractivity contribution is 5.88. The van der Waals surface area contributed by atoms with E-state index in [4.69, 9.17) is 4.74 Å². The molecule has 0 aromatic heterocycles. The van der Waals surface area contributed by atoms with Crippen molar-refractivity contribution in [2.45, 2.75) is 32.2 Å². The molecule has 0 N–H and O–H groups in total. The van der Waals surface area contributed by atoms with Gasteiger partial charge in [-0.2, -0.15) is 0 Å². The van der Waals surface area contributed by atoms with Crippen molar-refractivity contribution >= 4 is 5.91 Å². The number of nitrogens with zero attached hydrogens (tertiary/aromatic N) is 1. The molecule has 120 valence electrons. The van der Waals surface area contributed by atoms with E-state index in [9.17, 15) is 4.79 Å². The molecule has 0 saturated carbocycles. The lowest BCUT2D eigenvalue weighted by Crippen LogP contribution is -2.45.